The summed E-state index contributed by atoms with van der Waals surface area (Å²) in [5.74, 6) is -1.73. The van der Waals surface area contributed by atoms with E-state index in [0.717, 1.165) is 52.7 Å². The van der Waals surface area contributed by atoms with Crippen LogP contribution in [0.25, 0.3) is 0 Å². The van der Waals surface area contributed by atoms with Crippen molar-refractivity contribution in [3.05, 3.63) is 163 Å². The first-order valence-corrected chi connectivity index (χ1v) is 42.4. The minimum atomic E-state index is -2.25. The quantitative estimate of drug-likeness (QED) is 0.0200. The second kappa shape index (κ2) is 43.2. The molecule has 6 aliphatic heterocycles. The van der Waals surface area contributed by atoms with Crippen molar-refractivity contribution >= 4 is 55.2 Å². The number of nitrogen functional groups attached to an aromatic ring is 1. The molecule has 30 nitrogen and oxygen atoms in total. The predicted molar refractivity (Wildman–Crippen MR) is 434 cm³/mol. The number of aliphatic hydroxyl groups excluding tert-OH is 5. The van der Waals surface area contributed by atoms with Crippen LogP contribution in [0.4, 0.5) is 43.8 Å². The second-order valence-electron chi connectivity index (χ2n) is 30.6. The van der Waals surface area contributed by atoms with Crippen LogP contribution in [-0.2, 0) is 33.2 Å². The number of halogens is 7. The summed E-state index contributed by atoms with van der Waals surface area (Å²) in [6, 6.07) is 23.3. The van der Waals surface area contributed by atoms with Gasteiger partial charge in [0, 0.05) is 65.7 Å². The summed E-state index contributed by atoms with van der Waals surface area (Å²) in [6.07, 6.45) is -2.81. The molecule has 2 unspecified atom stereocenters. The number of amides is 2. The van der Waals surface area contributed by atoms with E-state index in [1.54, 1.807) is 75.5 Å². The molecule has 0 aliphatic carbocycles. The van der Waals surface area contributed by atoms with E-state index < -0.39 is 139 Å². The second-order valence-corrected chi connectivity index (χ2v) is 35.4. The van der Waals surface area contributed by atoms with E-state index in [0.29, 0.717) is 35.8 Å². The summed E-state index contributed by atoms with van der Waals surface area (Å²) in [7, 11) is -1.76. The molecule has 10 heterocycles. The Hall–Kier alpha value is -8.34. The Labute approximate surface area is 688 Å². The van der Waals surface area contributed by atoms with E-state index in [9.17, 15) is 65.7 Å². The predicted octanol–water partition coefficient (Wildman–Crippen LogP) is 11.0. The first-order valence-electron chi connectivity index (χ1n) is 38.5. The lowest BCUT2D eigenvalue weighted by Crippen LogP contribution is -2.43. The van der Waals surface area contributed by atoms with Gasteiger partial charge in [0.2, 0.25) is 14.0 Å². The number of aromatic nitrogens is 8. The van der Waals surface area contributed by atoms with Crippen molar-refractivity contribution in [1.29, 1.82) is 0 Å². The van der Waals surface area contributed by atoms with Crippen LogP contribution in [-0.4, -0.2) is 198 Å². The van der Waals surface area contributed by atoms with Gasteiger partial charge in [-0.15, -0.1) is 0 Å². The molecule has 6 aliphatic rings. The molecule has 0 saturated carbocycles. The zero-order valence-electron chi connectivity index (χ0n) is 69.3. The maximum absolute atomic E-state index is 15.1. The first-order chi connectivity index (χ1) is 54.5. The molecule has 2 aromatic carbocycles. The number of hydrogen-bond donors (Lipinski definition) is 9. The Morgan fingerprint density at radius 1 is 0.542 bits per heavy atom. The van der Waals surface area contributed by atoms with Crippen molar-refractivity contribution < 1.29 is 99.1 Å². The van der Waals surface area contributed by atoms with Crippen LogP contribution in [0, 0.1) is 23.7 Å². The van der Waals surface area contributed by atoms with Crippen LogP contribution in [0.5, 0.6) is 6.01 Å². The molecular weight excluding hydrogens is 1600 g/mol. The van der Waals surface area contributed by atoms with Gasteiger partial charge < -0.3 is 74.7 Å². The lowest BCUT2D eigenvalue weighted by molar-refractivity contribution is -0.149. The molecule has 4 aromatic heterocycles. The van der Waals surface area contributed by atoms with Gasteiger partial charge in [-0.3, -0.25) is 33.1 Å². The molecule has 6 aromatic rings. The number of nitrogens with zero attached hydrogens (tertiary/aromatic N) is 7. The topological polar surface area (TPSA) is 417 Å². The van der Waals surface area contributed by atoms with Crippen molar-refractivity contribution in [2.24, 2.45) is 23.7 Å². The SMILES string of the molecule is C.CC.CC[C@H]1OC(=O)[C@](C)(F)[C@@H]1C.CC[C@H]1OC(Cl)[C@](C)(F)[C@@H]1C.CC[C@H]1OC(O)[C@](C)(F)[C@@H]1C.CC[C@H]1O[C@@H](n2ccc(NC(=O)c3ccccc3)nc2=O)[C@](C)(F)[C@@H]1C.C[C@@]1(F)[C@H](O)[C@@H](CO)O[C@H]1n1ccc(=O)[nH]c1=O.C[C@@]1(F)[C@H](O)[C@@H](CO)O[C@H]1n1ccc(N)nc1=O.C[Si](C)(C)Oc1nccc(NC(=O)c2ccccc2)n1. The summed E-state index contributed by atoms with van der Waals surface area (Å²) in [4.78, 5) is 99.0. The number of H-pyrrole nitrogens is 1. The number of esters is 1. The van der Waals surface area contributed by atoms with Gasteiger partial charge in [0.1, 0.15) is 48.0 Å². The average Bonchev–Trinajstić information content (AvgIpc) is 1.62. The number of nitrogens with one attached hydrogen (secondary N) is 3. The lowest BCUT2D eigenvalue weighted by Gasteiger charge is -2.25. The highest BCUT2D eigenvalue weighted by Crippen LogP contribution is 2.47. The Kier molecular flexibility index (Phi) is 37.4. The van der Waals surface area contributed by atoms with E-state index in [2.05, 4.69) is 30.6 Å². The third-order valence-corrected chi connectivity index (χ3v) is 22.3. The number of ether oxygens (including phenoxy) is 6. The van der Waals surface area contributed by atoms with Crippen molar-refractivity contribution in [2.75, 3.05) is 29.6 Å². The number of alkyl halides is 7. The van der Waals surface area contributed by atoms with Crippen molar-refractivity contribution in [1.82, 2.24) is 38.6 Å². The summed E-state index contributed by atoms with van der Waals surface area (Å²) in [5.41, 5.74) is -8.23. The number of hydrogen-bond acceptors (Lipinski definition) is 24. The highest BCUT2D eigenvalue weighted by atomic mass is 35.5. The van der Waals surface area contributed by atoms with Crippen LogP contribution in [0.3, 0.4) is 0 Å². The molecule has 10 N–H and O–H groups in total. The largest absolute Gasteiger partial charge is 0.518 e. The monoisotopic (exact) mass is 1710 g/mol. The highest BCUT2D eigenvalue weighted by Gasteiger charge is 2.58. The third-order valence-electron chi connectivity index (χ3n) is 21.0. The number of carbonyl (C=O) groups excluding carboxylic acids is 3. The summed E-state index contributed by atoms with van der Waals surface area (Å²) >= 11 is 5.67. The maximum atomic E-state index is 15.1. The van der Waals surface area contributed by atoms with Gasteiger partial charge in [-0.1, -0.05) is 125 Å². The Morgan fingerprint density at radius 2 is 0.949 bits per heavy atom. The van der Waals surface area contributed by atoms with Crippen molar-refractivity contribution in [3.63, 3.8) is 0 Å². The van der Waals surface area contributed by atoms with Crippen LogP contribution < -0.4 is 43.4 Å². The average molecular weight is 1720 g/mol. The number of aromatic amines is 1. The highest BCUT2D eigenvalue weighted by molar-refractivity contribution is 6.70. The van der Waals surface area contributed by atoms with Crippen LogP contribution in [0.15, 0.2) is 129 Å². The Balaban J connectivity index is 0.000000294. The normalized spacial score (nSPS) is 32.8. The molecule has 0 bridgehead atoms. The first kappa shape index (κ1) is 102. The smallest absolute Gasteiger partial charge is 0.351 e. The van der Waals surface area contributed by atoms with Crippen molar-refractivity contribution in [2.45, 2.75) is 277 Å². The Morgan fingerprint density at radius 3 is 1.31 bits per heavy atom. The van der Waals surface area contributed by atoms with Crippen LogP contribution in [0.1, 0.15) is 183 Å². The van der Waals surface area contributed by atoms with Gasteiger partial charge in [0.15, 0.2) is 58.9 Å². The van der Waals surface area contributed by atoms with Crippen LogP contribution in [0.2, 0.25) is 19.6 Å². The van der Waals surface area contributed by atoms with Gasteiger partial charge in [0.25, 0.3) is 17.4 Å². The number of carbonyl (C=O) groups is 3. The molecule has 2 amide bonds. The molecule has 118 heavy (non-hydrogen) atoms. The van der Waals surface area contributed by atoms with Crippen molar-refractivity contribution in [3.8, 4) is 6.01 Å². The van der Waals surface area contributed by atoms with Gasteiger partial charge in [-0.2, -0.15) is 15.0 Å². The zero-order valence-corrected chi connectivity index (χ0v) is 71.0. The van der Waals surface area contributed by atoms with E-state index >= 15 is 4.39 Å². The summed E-state index contributed by atoms with van der Waals surface area (Å²) in [5, 5.41) is 51.7. The van der Waals surface area contributed by atoms with E-state index in [1.807, 2.05) is 91.3 Å². The lowest BCUT2D eigenvalue weighted by atomic mass is 9.88. The minimum absolute atomic E-state index is 0. The van der Waals surface area contributed by atoms with Gasteiger partial charge >= 0.3 is 29.0 Å². The standard InChI is InChI=1S/C19H22FN3O3.C14H17N3O2Si.C10H14FN3O4.C10H13FN2O5.C8H14ClFO.C8H15FO2.C8H13FO2.C2H6.CH4/c1-4-14-12(2)19(3,20)17(26-14)23-11-10-15(22-18(23)25)21-16(24)13-8-6-5-7-9-13;1-20(2,3)19-14-15-10-9-12(17-14)16-13(18)11-7-5-4-6-8-11;1-10(11)7(16)5(4-15)18-8(10)14-3-2-6(12)13-9(14)17;1-10(11)7(16)5(4-14)18-8(10)13-3-2-6(15)12-9(13)17;1-4-6-5(2)8(3,10)7(9)11-6;2*1-4-6-5(2)8(3,9)7(10)11-6;1-2;/h5-12,14,17H,4H2,1-3H3,(H,21,22,24,25);4-10H,1-3H3,(H,15,16,17,18);2-3,5,7-8,15-16H,4H2,1H3,(H2,12,13,17);2-3,5,7-8,14,16H,4H2,1H3,(H,12,15,17);5-7H,4H2,1-3H3;5-7,10H,4H2,1-3H3;5-6H,4H2,1-3H3;1-2H3;1H4/t12-,14-,17-,19-;;2*5-,7-,8-,10-;2*5-,6-,7?,8-;5-,6-,8-;;/m1.11111../s1. The number of cyclic esters (lactones) is 1. The number of rotatable bonds is 15. The fraction of sp³-hybridized carbons (Fsp3) is 0.613. The number of benzene rings is 2. The van der Waals surface area contributed by atoms with Crippen LogP contribution >= 0.6 is 11.6 Å². The molecule has 6 fully saturated rings. The maximum Gasteiger partial charge on any atom is 0.351 e. The van der Waals surface area contributed by atoms with Gasteiger partial charge in [-0.25, -0.2) is 50.5 Å². The fourth-order valence-electron chi connectivity index (χ4n) is 12.9. The summed E-state index contributed by atoms with van der Waals surface area (Å²) < 4.78 is 124. The molecular formula is C80H118ClF6N11O19Si. The van der Waals surface area contributed by atoms with E-state index in [-0.39, 0.29) is 79.0 Å². The molecule has 23 atom stereocenters. The zero-order chi connectivity index (χ0) is 88.4. The molecule has 38 heteroatoms. The number of aliphatic hydroxyl groups is 5. The molecule has 12 rings (SSSR count). The Bertz CT molecular complexity index is 4400. The minimum Gasteiger partial charge on any atom is -0.518 e. The van der Waals surface area contributed by atoms with E-state index in [4.69, 9.17) is 65.5 Å². The number of anilines is 3. The third kappa shape index (κ3) is 24.9. The fourth-order valence-corrected chi connectivity index (χ4v) is 13.9. The molecule has 0 spiro atoms. The number of nitrogens with two attached hydrogens (primary N) is 1. The van der Waals surface area contributed by atoms with E-state index in [1.165, 1.54) is 52.2 Å². The van der Waals surface area contributed by atoms with Gasteiger partial charge in [0.05, 0.1) is 31.5 Å². The molecule has 0 radical (unpaired) electrons. The molecule has 6 saturated heterocycles. The molecule has 660 valence electrons. The summed E-state index contributed by atoms with van der Waals surface area (Å²) in [6.45, 7) is 31.6. The van der Waals surface area contributed by atoms with Gasteiger partial charge in [-0.05, 0) is 129 Å².